The molecular weight excluding hydrogens is 333 g/mol. The van der Waals surface area contributed by atoms with Crippen molar-refractivity contribution in [3.8, 4) is 0 Å². The van der Waals surface area contributed by atoms with Gasteiger partial charge in [0.1, 0.15) is 5.82 Å². The Kier molecular flexibility index (Phi) is 5.81. The fourth-order valence-corrected chi connectivity index (χ4v) is 2.73. The number of amides is 1. The number of carbonyl (C=O) groups excluding carboxylic acids is 2. The third-order valence-electron chi connectivity index (χ3n) is 3.15. The summed E-state index contributed by atoms with van der Waals surface area (Å²) in [5.74, 6) is -2.00. The zero-order valence-corrected chi connectivity index (χ0v) is 14.0. The number of nitrogens with one attached hydrogen (secondary N) is 1. The van der Waals surface area contributed by atoms with Gasteiger partial charge in [-0.1, -0.05) is 18.2 Å². The van der Waals surface area contributed by atoms with E-state index in [9.17, 15) is 18.2 Å². The van der Waals surface area contributed by atoms with E-state index in [-0.39, 0.29) is 11.3 Å². The molecule has 0 saturated heterocycles. The molecule has 2 aromatic carbocycles. The molecule has 0 unspecified atom stereocenters. The van der Waals surface area contributed by atoms with Crippen LogP contribution in [0.2, 0.25) is 0 Å². The summed E-state index contributed by atoms with van der Waals surface area (Å²) in [5, 5.41) is 2.33. The average Bonchev–Trinajstić information content (AvgIpc) is 2.55. The van der Waals surface area contributed by atoms with Gasteiger partial charge in [-0.15, -0.1) is 0 Å². The summed E-state index contributed by atoms with van der Waals surface area (Å²) < 4.78 is 30.2. The minimum atomic E-state index is -1.36. The minimum absolute atomic E-state index is 0.0108. The summed E-state index contributed by atoms with van der Waals surface area (Å²) in [5.41, 5.74) is 0.866. The SMILES string of the molecule is Cc1ccc(NC(=O)COC(=O)c2ccccc2[S@](C)=O)c(F)c1. The molecule has 0 saturated carbocycles. The molecule has 0 fully saturated rings. The minimum Gasteiger partial charge on any atom is -0.452 e. The van der Waals surface area contributed by atoms with Crippen LogP contribution >= 0.6 is 0 Å². The van der Waals surface area contributed by atoms with E-state index in [2.05, 4.69) is 5.32 Å². The van der Waals surface area contributed by atoms with Gasteiger partial charge in [0.25, 0.3) is 5.91 Å². The molecule has 1 atom stereocenters. The molecule has 24 heavy (non-hydrogen) atoms. The van der Waals surface area contributed by atoms with E-state index in [0.717, 1.165) is 5.56 Å². The first-order valence-electron chi connectivity index (χ1n) is 7.04. The van der Waals surface area contributed by atoms with Crippen LogP contribution in [0, 0.1) is 12.7 Å². The molecule has 0 aromatic heterocycles. The highest BCUT2D eigenvalue weighted by molar-refractivity contribution is 7.84. The lowest BCUT2D eigenvalue weighted by Crippen LogP contribution is -2.22. The van der Waals surface area contributed by atoms with Gasteiger partial charge in [0.05, 0.1) is 26.9 Å². The summed E-state index contributed by atoms with van der Waals surface area (Å²) in [6.45, 7) is 1.16. The maximum Gasteiger partial charge on any atom is 0.339 e. The number of halogens is 1. The van der Waals surface area contributed by atoms with Crippen molar-refractivity contribution in [1.82, 2.24) is 0 Å². The lowest BCUT2D eigenvalue weighted by Gasteiger charge is -2.09. The smallest absolute Gasteiger partial charge is 0.339 e. The van der Waals surface area contributed by atoms with E-state index >= 15 is 0 Å². The highest BCUT2D eigenvalue weighted by Crippen LogP contribution is 2.16. The van der Waals surface area contributed by atoms with Crippen LogP contribution < -0.4 is 5.32 Å². The van der Waals surface area contributed by atoms with Crippen LogP contribution in [0.15, 0.2) is 47.4 Å². The van der Waals surface area contributed by atoms with E-state index in [1.165, 1.54) is 24.5 Å². The van der Waals surface area contributed by atoms with E-state index in [0.29, 0.717) is 4.90 Å². The molecule has 0 spiro atoms. The number of aryl methyl sites for hydroxylation is 1. The van der Waals surface area contributed by atoms with Gasteiger partial charge in [-0.05, 0) is 36.8 Å². The van der Waals surface area contributed by atoms with Crippen molar-refractivity contribution >= 4 is 28.4 Å². The zero-order chi connectivity index (χ0) is 17.7. The Labute approximate surface area is 141 Å². The van der Waals surface area contributed by atoms with Crippen LogP contribution in [0.25, 0.3) is 0 Å². The number of rotatable bonds is 5. The van der Waals surface area contributed by atoms with Crippen molar-refractivity contribution in [2.75, 3.05) is 18.2 Å². The largest absolute Gasteiger partial charge is 0.452 e. The fourth-order valence-electron chi connectivity index (χ4n) is 2.00. The Morgan fingerprint density at radius 3 is 2.58 bits per heavy atom. The van der Waals surface area contributed by atoms with Crippen molar-refractivity contribution in [2.24, 2.45) is 0 Å². The quantitative estimate of drug-likeness (QED) is 0.843. The fraction of sp³-hybridized carbons (Fsp3) is 0.176. The number of hydrogen-bond acceptors (Lipinski definition) is 4. The summed E-state index contributed by atoms with van der Waals surface area (Å²) in [6.07, 6.45) is 1.44. The second-order valence-corrected chi connectivity index (χ2v) is 6.41. The molecule has 1 amide bonds. The first-order valence-corrected chi connectivity index (χ1v) is 8.60. The summed E-state index contributed by atoms with van der Waals surface area (Å²) in [7, 11) is -1.36. The van der Waals surface area contributed by atoms with Gasteiger partial charge < -0.3 is 10.1 Å². The van der Waals surface area contributed by atoms with E-state index in [4.69, 9.17) is 4.74 Å². The van der Waals surface area contributed by atoms with Crippen LogP contribution in [0.3, 0.4) is 0 Å². The van der Waals surface area contributed by atoms with E-state index in [1.54, 1.807) is 31.2 Å². The Balaban J connectivity index is 1.99. The monoisotopic (exact) mass is 349 g/mol. The van der Waals surface area contributed by atoms with Crippen molar-refractivity contribution < 1.29 is 22.9 Å². The number of ether oxygens (including phenoxy) is 1. The number of anilines is 1. The summed E-state index contributed by atoms with van der Waals surface area (Å²) in [4.78, 5) is 24.1. The predicted octanol–water partition coefficient (Wildman–Crippen LogP) is 2.67. The number of esters is 1. The molecule has 7 heteroatoms. The maximum absolute atomic E-state index is 13.7. The first-order chi connectivity index (χ1) is 11.4. The molecule has 0 aliphatic rings. The molecule has 0 aliphatic carbocycles. The van der Waals surface area contributed by atoms with Gasteiger partial charge in [-0.25, -0.2) is 9.18 Å². The van der Waals surface area contributed by atoms with Crippen molar-refractivity contribution in [3.63, 3.8) is 0 Å². The van der Waals surface area contributed by atoms with Crippen LogP contribution in [-0.4, -0.2) is 28.9 Å². The van der Waals surface area contributed by atoms with Gasteiger partial charge in [-0.2, -0.15) is 0 Å². The Bertz CT molecular complexity index is 807. The highest BCUT2D eigenvalue weighted by Gasteiger charge is 2.16. The normalized spacial score (nSPS) is 11.6. The molecular formula is C17H16FNO4S. The van der Waals surface area contributed by atoms with Crippen molar-refractivity contribution in [2.45, 2.75) is 11.8 Å². The second-order valence-electron chi connectivity index (χ2n) is 5.06. The zero-order valence-electron chi connectivity index (χ0n) is 13.2. The molecule has 2 rings (SSSR count). The third-order valence-corrected chi connectivity index (χ3v) is 4.13. The first kappa shape index (κ1) is 17.8. The molecule has 0 heterocycles. The van der Waals surface area contributed by atoms with Gasteiger partial charge >= 0.3 is 5.97 Å². The topological polar surface area (TPSA) is 72.5 Å². The average molecular weight is 349 g/mol. The maximum atomic E-state index is 13.7. The number of benzene rings is 2. The summed E-state index contributed by atoms with van der Waals surface area (Å²) in [6, 6.07) is 10.6. The molecule has 5 nitrogen and oxygen atoms in total. The van der Waals surface area contributed by atoms with E-state index < -0.39 is 35.1 Å². The molecule has 0 bridgehead atoms. The number of carbonyl (C=O) groups is 2. The predicted molar refractivity (Wildman–Crippen MR) is 88.8 cm³/mol. The second kappa shape index (κ2) is 7.83. The Morgan fingerprint density at radius 1 is 1.21 bits per heavy atom. The van der Waals surface area contributed by atoms with E-state index in [1.807, 2.05) is 0 Å². The molecule has 0 radical (unpaired) electrons. The molecule has 126 valence electrons. The van der Waals surface area contributed by atoms with Gasteiger partial charge in [0.15, 0.2) is 6.61 Å². The Hall–Kier alpha value is -2.54. The molecule has 0 aliphatic heterocycles. The van der Waals surface area contributed by atoms with Gasteiger partial charge in [0, 0.05) is 6.26 Å². The van der Waals surface area contributed by atoms with Crippen molar-refractivity contribution in [3.05, 3.63) is 59.4 Å². The Morgan fingerprint density at radius 2 is 1.92 bits per heavy atom. The van der Waals surface area contributed by atoms with Crippen LogP contribution in [0.1, 0.15) is 15.9 Å². The lowest BCUT2D eigenvalue weighted by atomic mass is 10.2. The standard InChI is InChI=1S/C17H16FNO4S/c1-11-7-8-14(13(18)9-11)19-16(20)10-23-17(21)12-5-3-4-6-15(12)24(2)22/h3-9H,10H2,1-2H3,(H,19,20)/t24-/m0/s1. The van der Waals surface area contributed by atoms with Crippen LogP contribution in [0.5, 0.6) is 0 Å². The third kappa shape index (κ3) is 4.48. The molecule has 2 aromatic rings. The van der Waals surface area contributed by atoms with Crippen LogP contribution in [0.4, 0.5) is 10.1 Å². The van der Waals surface area contributed by atoms with Gasteiger partial charge in [-0.3, -0.25) is 9.00 Å². The number of hydrogen-bond donors (Lipinski definition) is 1. The van der Waals surface area contributed by atoms with Crippen molar-refractivity contribution in [1.29, 1.82) is 0 Å². The van der Waals surface area contributed by atoms with Gasteiger partial charge in [0.2, 0.25) is 0 Å². The summed E-state index contributed by atoms with van der Waals surface area (Å²) >= 11 is 0. The molecule has 1 N–H and O–H groups in total. The van der Waals surface area contributed by atoms with Crippen LogP contribution in [-0.2, 0) is 20.3 Å². The highest BCUT2D eigenvalue weighted by atomic mass is 32.2. The lowest BCUT2D eigenvalue weighted by molar-refractivity contribution is -0.119.